The van der Waals surface area contributed by atoms with E-state index >= 15 is 0 Å². The smallest absolute Gasteiger partial charge is 0.226 e. The number of hydrogen-bond donors (Lipinski definition) is 1. The molecule has 0 fully saturated rings. The van der Waals surface area contributed by atoms with Gasteiger partial charge in [-0.05, 0) is 43.5 Å². The number of benzene rings is 2. The van der Waals surface area contributed by atoms with E-state index in [4.69, 9.17) is 11.6 Å². The highest BCUT2D eigenvalue weighted by Crippen LogP contribution is 2.27. The van der Waals surface area contributed by atoms with Crippen LogP contribution >= 0.6 is 11.6 Å². The maximum Gasteiger partial charge on any atom is 0.226 e. The van der Waals surface area contributed by atoms with E-state index in [9.17, 15) is 9.59 Å². The fourth-order valence-corrected chi connectivity index (χ4v) is 3.14. The predicted molar refractivity (Wildman–Crippen MR) is 106 cm³/mol. The van der Waals surface area contributed by atoms with Crippen molar-refractivity contribution in [3.8, 4) is 0 Å². The fraction of sp³-hybridized carbons (Fsp3) is 0.333. The third-order valence-electron chi connectivity index (χ3n) is 4.24. The minimum absolute atomic E-state index is 0.0528. The molecule has 0 spiro atoms. The summed E-state index contributed by atoms with van der Waals surface area (Å²) < 4.78 is 0. The first-order valence-electron chi connectivity index (χ1n) is 8.64. The number of carbonyl (C=O) groups is 2. The molecule has 0 radical (unpaired) electrons. The Kier molecular flexibility index (Phi) is 6.81. The summed E-state index contributed by atoms with van der Waals surface area (Å²) in [6.45, 7) is 8.26. The molecule has 4 nitrogen and oxygen atoms in total. The van der Waals surface area contributed by atoms with Crippen LogP contribution in [-0.2, 0) is 16.1 Å². The second kappa shape index (κ2) is 8.86. The minimum Gasteiger partial charge on any atom is -0.338 e. The lowest BCUT2D eigenvalue weighted by Gasteiger charge is -2.21. The quantitative estimate of drug-likeness (QED) is 0.802. The first-order chi connectivity index (χ1) is 12.3. The second-order valence-electron chi connectivity index (χ2n) is 6.66. The molecule has 0 unspecified atom stereocenters. The van der Waals surface area contributed by atoms with Crippen molar-refractivity contribution in [2.45, 2.75) is 40.7 Å². The minimum atomic E-state index is -0.158. The number of rotatable bonds is 6. The van der Waals surface area contributed by atoms with Crippen molar-refractivity contribution < 1.29 is 9.59 Å². The van der Waals surface area contributed by atoms with Crippen LogP contribution in [0.25, 0.3) is 0 Å². The highest BCUT2D eigenvalue weighted by atomic mass is 35.5. The molecular weight excluding hydrogens is 348 g/mol. The predicted octanol–water partition coefficient (Wildman–Crippen LogP) is 4.64. The first-order valence-corrected chi connectivity index (χ1v) is 9.01. The van der Waals surface area contributed by atoms with Gasteiger partial charge in [0.1, 0.15) is 0 Å². The zero-order chi connectivity index (χ0) is 19.3. The van der Waals surface area contributed by atoms with Crippen molar-refractivity contribution in [2.24, 2.45) is 0 Å². The molecule has 1 N–H and O–H groups in total. The molecule has 5 heteroatoms. The van der Waals surface area contributed by atoms with Gasteiger partial charge in [-0.2, -0.15) is 0 Å². The summed E-state index contributed by atoms with van der Waals surface area (Å²) in [5.74, 6) is -0.211. The molecule has 26 heavy (non-hydrogen) atoms. The second-order valence-corrected chi connectivity index (χ2v) is 7.07. The van der Waals surface area contributed by atoms with E-state index in [0.29, 0.717) is 23.8 Å². The molecule has 0 aliphatic heterocycles. The zero-order valence-electron chi connectivity index (χ0n) is 15.7. The lowest BCUT2D eigenvalue weighted by molar-refractivity contribution is -0.129. The van der Waals surface area contributed by atoms with Gasteiger partial charge in [-0.25, -0.2) is 0 Å². The number of amides is 2. The Hall–Kier alpha value is -2.33. The fourth-order valence-electron chi connectivity index (χ4n) is 2.77. The lowest BCUT2D eigenvalue weighted by Crippen LogP contribution is -2.31. The molecule has 2 rings (SSSR count). The zero-order valence-corrected chi connectivity index (χ0v) is 16.5. The topological polar surface area (TPSA) is 49.4 Å². The van der Waals surface area contributed by atoms with Crippen LogP contribution in [0.1, 0.15) is 35.6 Å². The molecule has 0 heterocycles. The highest BCUT2D eigenvalue weighted by molar-refractivity contribution is 6.34. The van der Waals surface area contributed by atoms with Crippen molar-refractivity contribution >= 4 is 29.1 Å². The summed E-state index contributed by atoms with van der Waals surface area (Å²) in [7, 11) is 0. The largest absolute Gasteiger partial charge is 0.338 e. The van der Waals surface area contributed by atoms with Gasteiger partial charge in [0.05, 0.1) is 10.7 Å². The Morgan fingerprint density at radius 2 is 1.69 bits per heavy atom. The summed E-state index contributed by atoms with van der Waals surface area (Å²) in [5.41, 5.74) is 4.82. The summed E-state index contributed by atoms with van der Waals surface area (Å²) in [5, 5.41) is 3.39. The van der Waals surface area contributed by atoms with Crippen LogP contribution in [-0.4, -0.2) is 23.3 Å². The summed E-state index contributed by atoms with van der Waals surface area (Å²) in [4.78, 5) is 25.9. The molecule has 0 aliphatic rings. The van der Waals surface area contributed by atoms with Gasteiger partial charge in [-0.3, -0.25) is 9.59 Å². The molecule has 0 saturated heterocycles. The maximum absolute atomic E-state index is 12.3. The van der Waals surface area contributed by atoms with Gasteiger partial charge in [0, 0.05) is 26.4 Å². The molecule has 0 atom stereocenters. The van der Waals surface area contributed by atoms with Crippen LogP contribution in [0, 0.1) is 20.8 Å². The lowest BCUT2D eigenvalue weighted by atomic mass is 10.1. The number of halogens is 1. The summed E-state index contributed by atoms with van der Waals surface area (Å²) in [6, 6.07) is 11.8. The van der Waals surface area contributed by atoms with E-state index in [0.717, 1.165) is 16.7 Å². The Bertz CT molecular complexity index is 777. The van der Waals surface area contributed by atoms with E-state index in [1.165, 1.54) is 12.5 Å². The van der Waals surface area contributed by atoms with Crippen LogP contribution in [0.5, 0.6) is 0 Å². The average molecular weight is 373 g/mol. The van der Waals surface area contributed by atoms with E-state index in [1.807, 2.05) is 57.2 Å². The molecule has 0 aliphatic carbocycles. The van der Waals surface area contributed by atoms with E-state index < -0.39 is 0 Å². The first kappa shape index (κ1) is 20.0. The number of nitrogens with one attached hydrogen (secondary N) is 1. The van der Waals surface area contributed by atoms with Crippen LogP contribution < -0.4 is 5.32 Å². The molecule has 2 amide bonds. The van der Waals surface area contributed by atoms with Gasteiger partial charge in [0.15, 0.2) is 0 Å². The van der Waals surface area contributed by atoms with Crippen LogP contribution in [0.15, 0.2) is 36.4 Å². The third kappa shape index (κ3) is 5.60. The SMILES string of the molecule is CC(=O)N(CCC(=O)Nc1c(C)cc(C)cc1Cl)Cc1ccc(C)cc1. The highest BCUT2D eigenvalue weighted by Gasteiger charge is 2.14. The van der Waals surface area contributed by atoms with Crippen molar-refractivity contribution in [1.29, 1.82) is 0 Å². The molecular formula is C21H25ClN2O2. The Labute approximate surface area is 160 Å². The molecule has 0 aromatic heterocycles. The Morgan fingerprint density at radius 1 is 1.04 bits per heavy atom. The molecule has 0 saturated carbocycles. The average Bonchev–Trinajstić information content (AvgIpc) is 2.56. The number of carbonyl (C=O) groups excluding carboxylic acids is 2. The Morgan fingerprint density at radius 3 is 2.27 bits per heavy atom. The number of hydrogen-bond acceptors (Lipinski definition) is 2. The molecule has 2 aromatic carbocycles. The maximum atomic E-state index is 12.3. The number of nitrogens with zero attached hydrogens (tertiary/aromatic N) is 1. The van der Waals surface area contributed by atoms with E-state index in [-0.39, 0.29) is 18.2 Å². The van der Waals surface area contributed by atoms with Crippen molar-refractivity contribution in [3.05, 3.63) is 63.7 Å². The van der Waals surface area contributed by atoms with Crippen LogP contribution in [0.2, 0.25) is 5.02 Å². The van der Waals surface area contributed by atoms with Crippen molar-refractivity contribution in [3.63, 3.8) is 0 Å². The molecule has 2 aromatic rings. The van der Waals surface area contributed by atoms with Crippen LogP contribution in [0.4, 0.5) is 5.69 Å². The van der Waals surface area contributed by atoms with Crippen molar-refractivity contribution in [1.82, 2.24) is 4.90 Å². The standard InChI is InChI=1S/C21H25ClN2O2/c1-14-5-7-18(8-6-14)13-24(17(4)25)10-9-20(26)23-21-16(3)11-15(2)12-19(21)22/h5-8,11-12H,9-10,13H2,1-4H3,(H,23,26). The third-order valence-corrected chi connectivity index (χ3v) is 4.54. The van der Waals surface area contributed by atoms with Crippen LogP contribution in [0.3, 0.4) is 0 Å². The number of anilines is 1. The van der Waals surface area contributed by atoms with E-state index in [1.54, 1.807) is 4.90 Å². The summed E-state index contributed by atoms with van der Waals surface area (Å²) >= 11 is 6.23. The van der Waals surface area contributed by atoms with Gasteiger partial charge in [0.25, 0.3) is 0 Å². The Balaban J connectivity index is 1.97. The van der Waals surface area contributed by atoms with Gasteiger partial charge in [0.2, 0.25) is 11.8 Å². The molecule has 138 valence electrons. The van der Waals surface area contributed by atoms with Gasteiger partial charge < -0.3 is 10.2 Å². The van der Waals surface area contributed by atoms with Gasteiger partial charge in [-0.15, -0.1) is 0 Å². The van der Waals surface area contributed by atoms with Gasteiger partial charge >= 0.3 is 0 Å². The summed E-state index contributed by atoms with van der Waals surface area (Å²) in [6.07, 6.45) is 0.217. The molecule has 0 bridgehead atoms. The normalized spacial score (nSPS) is 10.5. The van der Waals surface area contributed by atoms with E-state index in [2.05, 4.69) is 5.32 Å². The number of aryl methyl sites for hydroxylation is 3. The monoisotopic (exact) mass is 372 g/mol. The van der Waals surface area contributed by atoms with Gasteiger partial charge in [-0.1, -0.05) is 47.5 Å². The van der Waals surface area contributed by atoms with Crippen molar-refractivity contribution in [2.75, 3.05) is 11.9 Å².